The Hall–Kier alpha value is -1.20. The summed E-state index contributed by atoms with van der Waals surface area (Å²) in [7, 11) is 1.99. The summed E-state index contributed by atoms with van der Waals surface area (Å²) in [6.45, 7) is 7.50. The second-order valence-corrected chi connectivity index (χ2v) is 6.18. The summed E-state index contributed by atoms with van der Waals surface area (Å²) < 4.78 is 19.1. The molecule has 1 fully saturated rings. The van der Waals surface area contributed by atoms with Crippen molar-refractivity contribution in [3.05, 3.63) is 23.6 Å². The first-order valence-electron chi connectivity index (χ1n) is 7.74. The number of halogens is 1. The first-order valence-corrected chi connectivity index (χ1v) is 7.74. The van der Waals surface area contributed by atoms with E-state index in [1.54, 1.807) is 6.07 Å². The van der Waals surface area contributed by atoms with Gasteiger partial charge in [-0.1, -0.05) is 13.8 Å². The molecule has 4 nitrogen and oxygen atoms in total. The van der Waals surface area contributed by atoms with Gasteiger partial charge in [-0.2, -0.15) is 0 Å². The van der Waals surface area contributed by atoms with E-state index in [1.165, 1.54) is 6.20 Å². The minimum Gasteiger partial charge on any atom is -0.376 e. The molecule has 1 atom stereocenters. The Balaban J connectivity index is 2.02. The number of nitrogens with zero attached hydrogens (tertiary/aromatic N) is 2. The summed E-state index contributed by atoms with van der Waals surface area (Å²) in [6, 6.07) is 1.57. The summed E-state index contributed by atoms with van der Waals surface area (Å²) >= 11 is 0. The molecule has 2 heterocycles. The van der Waals surface area contributed by atoms with Crippen molar-refractivity contribution >= 4 is 5.82 Å². The van der Waals surface area contributed by atoms with Crippen LogP contribution >= 0.6 is 0 Å². The molecule has 1 saturated heterocycles. The lowest BCUT2D eigenvalue weighted by Crippen LogP contribution is -2.31. The Labute approximate surface area is 126 Å². The van der Waals surface area contributed by atoms with Gasteiger partial charge in [-0.05, 0) is 31.4 Å². The molecule has 2 rings (SSSR count). The van der Waals surface area contributed by atoms with E-state index < -0.39 is 0 Å². The summed E-state index contributed by atoms with van der Waals surface area (Å²) in [5.41, 5.74) is 0.899. The van der Waals surface area contributed by atoms with Gasteiger partial charge in [-0.25, -0.2) is 9.37 Å². The molecule has 118 valence electrons. The number of ether oxygens (including phenoxy) is 1. The number of aromatic nitrogens is 1. The summed E-state index contributed by atoms with van der Waals surface area (Å²) in [4.78, 5) is 6.34. The molecular formula is C16H26FN3O. The molecule has 0 radical (unpaired) electrons. The van der Waals surface area contributed by atoms with Crippen LogP contribution in [0.25, 0.3) is 0 Å². The lowest BCUT2D eigenvalue weighted by atomic mass is 10.2. The van der Waals surface area contributed by atoms with Gasteiger partial charge in [0.15, 0.2) is 0 Å². The van der Waals surface area contributed by atoms with Gasteiger partial charge >= 0.3 is 0 Å². The van der Waals surface area contributed by atoms with Crippen molar-refractivity contribution in [3.63, 3.8) is 0 Å². The summed E-state index contributed by atoms with van der Waals surface area (Å²) in [6.07, 6.45) is 3.76. The van der Waals surface area contributed by atoms with Crippen LogP contribution in [0.5, 0.6) is 0 Å². The van der Waals surface area contributed by atoms with Gasteiger partial charge in [-0.15, -0.1) is 0 Å². The van der Waals surface area contributed by atoms with Crippen molar-refractivity contribution in [2.24, 2.45) is 5.92 Å². The molecule has 0 bridgehead atoms. The van der Waals surface area contributed by atoms with Crippen LogP contribution in [0, 0.1) is 11.7 Å². The van der Waals surface area contributed by atoms with Crippen LogP contribution in [-0.2, 0) is 11.3 Å². The molecular weight excluding hydrogens is 269 g/mol. The van der Waals surface area contributed by atoms with Gasteiger partial charge in [0.1, 0.15) is 11.6 Å². The van der Waals surface area contributed by atoms with Crippen LogP contribution in [0.1, 0.15) is 32.3 Å². The molecule has 1 aliphatic heterocycles. The molecule has 0 amide bonds. The smallest absolute Gasteiger partial charge is 0.141 e. The fourth-order valence-corrected chi connectivity index (χ4v) is 2.62. The second-order valence-electron chi connectivity index (χ2n) is 6.18. The van der Waals surface area contributed by atoms with E-state index >= 15 is 0 Å². The zero-order chi connectivity index (χ0) is 15.2. The highest BCUT2D eigenvalue weighted by Crippen LogP contribution is 2.20. The molecule has 0 spiro atoms. The molecule has 1 aromatic heterocycles. The Morgan fingerprint density at radius 1 is 1.52 bits per heavy atom. The van der Waals surface area contributed by atoms with Gasteiger partial charge in [0.25, 0.3) is 0 Å². The van der Waals surface area contributed by atoms with Gasteiger partial charge in [0, 0.05) is 32.3 Å². The molecule has 5 heteroatoms. The first-order chi connectivity index (χ1) is 10.1. The topological polar surface area (TPSA) is 37.4 Å². The molecule has 0 aliphatic carbocycles. The number of hydrogen-bond donors (Lipinski definition) is 1. The third-order valence-electron chi connectivity index (χ3n) is 3.64. The highest BCUT2D eigenvalue weighted by Gasteiger charge is 2.19. The van der Waals surface area contributed by atoms with E-state index in [0.717, 1.165) is 43.9 Å². The normalized spacial score (nSPS) is 18.4. The highest BCUT2D eigenvalue weighted by atomic mass is 19.1. The largest absolute Gasteiger partial charge is 0.376 e. The number of hydrogen-bond acceptors (Lipinski definition) is 4. The molecule has 1 unspecified atom stereocenters. The van der Waals surface area contributed by atoms with Crippen molar-refractivity contribution in [1.82, 2.24) is 10.3 Å². The predicted molar refractivity (Wildman–Crippen MR) is 83.0 cm³/mol. The van der Waals surface area contributed by atoms with E-state index in [4.69, 9.17) is 4.74 Å². The molecule has 0 aromatic carbocycles. The SMILES string of the molecule is CC(C)CNCc1cc(F)cnc1N(C)CC1CCCO1. The maximum absolute atomic E-state index is 13.5. The highest BCUT2D eigenvalue weighted by molar-refractivity contribution is 5.46. The molecule has 1 aromatic rings. The Morgan fingerprint density at radius 3 is 3.00 bits per heavy atom. The number of nitrogens with one attached hydrogen (secondary N) is 1. The van der Waals surface area contributed by atoms with Crippen molar-refractivity contribution in [2.75, 3.05) is 31.6 Å². The van der Waals surface area contributed by atoms with E-state index in [9.17, 15) is 4.39 Å². The van der Waals surface area contributed by atoms with Gasteiger partial charge < -0.3 is 15.0 Å². The van der Waals surface area contributed by atoms with Crippen molar-refractivity contribution in [3.8, 4) is 0 Å². The number of likely N-dealkylation sites (N-methyl/N-ethyl adjacent to an activating group) is 1. The maximum atomic E-state index is 13.5. The third kappa shape index (κ3) is 4.93. The van der Waals surface area contributed by atoms with Crippen LogP contribution in [0.15, 0.2) is 12.3 Å². The van der Waals surface area contributed by atoms with Crippen LogP contribution in [0.3, 0.4) is 0 Å². The van der Waals surface area contributed by atoms with Gasteiger partial charge in [-0.3, -0.25) is 0 Å². The molecule has 1 N–H and O–H groups in total. The van der Waals surface area contributed by atoms with Gasteiger partial charge in [0.2, 0.25) is 0 Å². The standard InChI is InChI=1S/C16H26FN3O/c1-12(2)8-18-9-13-7-14(17)10-19-16(13)20(3)11-15-5-4-6-21-15/h7,10,12,15,18H,4-6,8-9,11H2,1-3H3. The fraction of sp³-hybridized carbons (Fsp3) is 0.688. The van der Waals surface area contributed by atoms with Crippen LogP contribution in [0.4, 0.5) is 10.2 Å². The zero-order valence-electron chi connectivity index (χ0n) is 13.2. The van der Waals surface area contributed by atoms with E-state index in [-0.39, 0.29) is 11.9 Å². The molecule has 1 aliphatic rings. The Morgan fingerprint density at radius 2 is 2.33 bits per heavy atom. The van der Waals surface area contributed by atoms with Crippen molar-refractivity contribution in [2.45, 2.75) is 39.3 Å². The molecule has 21 heavy (non-hydrogen) atoms. The minimum absolute atomic E-state index is 0.262. The lowest BCUT2D eigenvalue weighted by molar-refractivity contribution is 0.116. The quantitative estimate of drug-likeness (QED) is 0.839. The molecule has 0 saturated carbocycles. The third-order valence-corrected chi connectivity index (χ3v) is 3.64. The fourth-order valence-electron chi connectivity index (χ4n) is 2.62. The van der Waals surface area contributed by atoms with Crippen molar-refractivity contribution in [1.29, 1.82) is 0 Å². The average Bonchev–Trinajstić information content (AvgIpc) is 2.91. The first kappa shape index (κ1) is 16.2. The van der Waals surface area contributed by atoms with Crippen LogP contribution in [0.2, 0.25) is 0 Å². The summed E-state index contributed by atoms with van der Waals surface area (Å²) in [5, 5.41) is 3.35. The Kier molecular flexibility index (Phi) is 5.94. The predicted octanol–water partition coefficient (Wildman–Crippen LogP) is 2.58. The van der Waals surface area contributed by atoms with E-state index in [0.29, 0.717) is 12.5 Å². The maximum Gasteiger partial charge on any atom is 0.141 e. The van der Waals surface area contributed by atoms with Crippen LogP contribution < -0.4 is 10.2 Å². The second kappa shape index (κ2) is 7.71. The summed E-state index contributed by atoms with van der Waals surface area (Å²) in [5.74, 6) is 1.12. The van der Waals surface area contributed by atoms with E-state index in [2.05, 4.69) is 29.0 Å². The Bertz CT molecular complexity index is 447. The monoisotopic (exact) mass is 295 g/mol. The number of anilines is 1. The lowest BCUT2D eigenvalue weighted by Gasteiger charge is -2.24. The number of pyridine rings is 1. The average molecular weight is 295 g/mol. The zero-order valence-corrected chi connectivity index (χ0v) is 13.2. The van der Waals surface area contributed by atoms with Crippen LogP contribution in [-0.4, -0.2) is 37.8 Å². The van der Waals surface area contributed by atoms with Crippen molar-refractivity contribution < 1.29 is 9.13 Å². The number of rotatable bonds is 7. The minimum atomic E-state index is -0.286. The van der Waals surface area contributed by atoms with E-state index in [1.807, 2.05) is 7.05 Å². The van der Waals surface area contributed by atoms with Gasteiger partial charge in [0.05, 0.1) is 12.3 Å².